The molecule has 1 heterocycles. The number of amides is 1. The van der Waals surface area contributed by atoms with Crippen molar-refractivity contribution in [2.24, 2.45) is 22.9 Å². The number of rotatable bonds is 33. The highest BCUT2D eigenvalue weighted by Crippen LogP contribution is 2.62. The number of hydrogen-bond acceptors (Lipinski definition) is 10. The Hall–Kier alpha value is -5.59. The average Bonchev–Trinajstić information content (AvgIpc) is 3.62. The Balaban J connectivity index is 1.22. The molecule has 412 valence electrons. The zero-order valence-corrected chi connectivity index (χ0v) is 46.4. The highest BCUT2D eigenvalue weighted by atomic mass is 32.2. The third kappa shape index (κ3) is 15.4. The minimum Gasteiger partial charge on any atom is -0.493 e. The number of oxime groups is 1. The van der Waals surface area contributed by atoms with E-state index in [1.165, 1.54) is 49.8 Å². The van der Waals surface area contributed by atoms with Crippen LogP contribution in [0.4, 0.5) is 4.79 Å². The Morgan fingerprint density at radius 2 is 1.49 bits per heavy atom. The number of benzene rings is 5. The SMILES string of the molecule is C=CCO[C@@]12Oc3ccc(OCCSc4ccccc4)cc3[C@H]3[C@H](CCCCO)[C@@H](CCCCO)C=C(C(=NOCc4ccccc4)C[C@@H]1N(Cc1cccc4ccccc14)C(=O)OCCCCCCCCCCCC)[C@H]32. The Morgan fingerprint density at radius 1 is 0.792 bits per heavy atom. The van der Waals surface area contributed by atoms with E-state index in [4.69, 9.17) is 28.9 Å². The van der Waals surface area contributed by atoms with Crippen molar-refractivity contribution in [3.8, 4) is 11.5 Å². The second kappa shape index (κ2) is 30.5. The summed E-state index contributed by atoms with van der Waals surface area (Å²) in [5.74, 6) is 0.228. The Bertz CT molecular complexity index is 2640. The fraction of sp³-hybridized carbons (Fsp3) is 0.485. The summed E-state index contributed by atoms with van der Waals surface area (Å²) in [6.45, 7) is 8.09. The van der Waals surface area contributed by atoms with E-state index in [0.717, 1.165) is 95.2 Å². The van der Waals surface area contributed by atoms with Crippen LogP contribution in [-0.2, 0) is 27.5 Å². The Morgan fingerprint density at radius 3 is 2.25 bits per heavy atom. The van der Waals surface area contributed by atoms with E-state index in [2.05, 4.69) is 80.2 Å². The van der Waals surface area contributed by atoms with Gasteiger partial charge in [0.1, 0.15) is 24.1 Å². The monoisotopic (exact) mass is 1060 g/mol. The van der Waals surface area contributed by atoms with Gasteiger partial charge in [-0.3, -0.25) is 4.90 Å². The number of aliphatic hydroxyl groups is 2. The van der Waals surface area contributed by atoms with Gasteiger partial charge in [0.25, 0.3) is 0 Å². The third-order valence-electron chi connectivity index (χ3n) is 15.8. The van der Waals surface area contributed by atoms with Crippen LogP contribution in [-0.4, -0.2) is 77.5 Å². The maximum Gasteiger partial charge on any atom is 0.410 e. The van der Waals surface area contributed by atoms with E-state index < -0.39 is 23.8 Å². The van der Waals surface area contributed by atoms with Crippen molar-refractivity contribution < 1.29 is 38.8 Å². The second-order valence-corrected chi connectivity index (χ2v) is 22.3. The van der Waals surface area contributed by atoms with Gasteiger partial charge in [-0.05, 0) is 102 Å². The number of carbonyl (C=O) groups is 1. The molecule has 1 saturated carbocycles. The molecule has 0 spiro atoms. The number of thioether (sulfide) groups is 1. The van der Waals surface area contributed by atoms with Crippen LogP contribution in [0.5, 0.6) is 11.5 Å². The van der Waals surface area contributed by atoms with Crippen molar-refractivity contribution in [1.29, 1.82) is 0 Å². The third-order valence-corrected chi connectivity index (χ3v) is 16.8. The molecule has 0 saturated heterocycles. The summed E-state index contributed by atoms with van der Waals surface area (Å²) in [6.07, 6.45) is 20.4. The molecular weight excluding hydrogens is 981 g/mol. The lowest BCUT2D eigenvalue weighted by Gasteiger charge is -2.60. The standard InChI is InChI=1S/C66H84N2O8S/c1-3-5-6-7-8-9-10-11-12-25-42-73-65(71)68(48-53-32-26-31-51-29-19-20-35-56(51)53)62-47-60(67-75-49-50-27-15-13-16-28-50)58-45-52(30-21-23-39-69)57(36-22-24-40-70)63-59-46-54(72-43-44-77-55-33-17-14-18-34-55)37-38-61(59)76-66(62,64(58)63)74-41-4-2/h4,13-20,26-29,31-35,37-38,45-46,52,57,62-64,69-70H,2-3,5-12,21-25,30,36,39-44,47-49H2,1H3/t52-,57+,62-,63+,64+,66+/m0/s1. The molecule has 10 nitrogen and oxygen atoms in total. The lowest BCUT2D eigenvalue weighted by atomic mass is 9.55. The first-order valence-electron chi connectivity index (χ1n) is 28.9. The maximum atomic E-state index is 15.5. The number of unbranched alkanes of at least 4 members (excludes halogenated alkanes) is 11. The van der Waals surface area contributed by atoms with Crippen LogP contribution in [0.15, 0.2) is 156 Å². The van der Waals surface area contributed by atoms with E-state index in [9.17, 15) is 10.2 Å². The molecular formula is C66H84N2O8S. The maximum absolute atomic E-state index is 15.5. The van der Waals surface area contributed by atoms with Gasteiger partial charge in [0.15, 0.2) is 0 Å². The van der Waals surface area contributed by atoms with Crippen molar-refractivity contribution in [3.63, 3.8) is 0 Å². The molecule has 2 N–H and O–H groups in total. The zero-order valence-electron chi connectivity index (χ0n) is 45.6. The summed E-state index contributed by atoms with van der Waals surface area (Å²) >= 11 is 1.76. The van der Waals surface area contributed by atoms with Gasteiger partial charge >= 0.3 is 6.09 Å². The summed E-state index contributed by atoms with van der Waals surface area (Å²) in [5, 5.41) is 27.5. The van der Waals surface area contributed by atoms with Crippen LogP contribution in [0.2, 0.25) is 0 Å². The summed E-state index contributed by atoms with van der Waals surface area (Å²) in [7, 11) is 0. The molecule has 11 heteroatoms. The highest BCUT2D eigenvalue weighted by Gasteiger charge is 2.66. The summed E-state index contributed by atoms with van der Waals surface area (Å²) < 4.78 is 28.0. The van der Waals surface area contributed by atoms with Gasteiger partial charge in [0, 0.05) is 41.8 Å². The minimum atomic E-state index is -1.45. The van der Waals surface area contributed by atoms with Gasteiger partial charge in [-0.1, -0.05) is 186 Å². The smallest absolute Gasteiger partial charge is 0.410 e. The predicted octanol–water partition coefficient (Wildman–Crippen LogP) is 15.4. The predicted molar refractivity (Wildman–Crippen MR) is 312 cm³/mol. The first-order valence-corrected chi connectivity index (χ1v) is 29.9. The number of allylic oxidation sites excluding steroid dienone is 1. The number of nitrogens with zero attached hydrogens (tertiary/aromatic N) is 2. The second-order valence-electron chi connectivity index (χ2n) is 21.1. The molecule has 0 unspecified atom stereocenters. The first kappa shape index (κ1) is 57.6. The van der Waals surface area contributed by atoms with Gasteiger partial charge in [-0.15, -0.1) is 18.3 Å². The topological polar surface area (TPSA) is 119 Å². The lowest BCUT2D eigenvalue weighted by molar-refractivity contribution is -0.256. The van der Waals surface area contributed by atoms with Crippen LogP contribution in [0, 0.1) is 17.8 Å². The van der Waals surface area contributed by atoms with Crippen LogP contribution < -0.4 is 9.47 Å². The zero-order chi connectivity index (χ0) is 53.5. The van der Waals surface area contributed by atoms with E-state index in [-0.39, 0.29) is 57.1 Å². The largest absolute Gasteiger partial charge is 0.493 e. The molecule has 1 amide bonds. The molecule has 77 heavy (non-hydrogen) atoms. The van der Waals surface area contributed by atoms with Gasteiger partial charge in [-0.25, -0.2) is 4.79 Å². The van der Waals surface area contributed by atoms with Crippen molar-refractivity contribution in [1.82, 2.24) is 4.90 Å². The van der Waals surface area contributed by atoms with Crippen molar-refractivity contribution in [2.75, 3.05) is 38.8 Å². The van der Waals surface area contributed by atoms with E-state index in [1.54, 1.807) is 17.8 Å². The molecule has 8 rings (SSSR count). The molecule has 5 aromatic rings. The number of ether oxygens (including phenoxy) is 4. The number of fused-ring (bicyclic) bond motifs is 3. The minimum absolute atomic E-state index is 0.0623. The van der Waals surface area contributed by atoms with Crippen molar-refractivity contribution >= 4 is 34.3 Å². The summed E-state index contributed by atoms with van der Waals surface area (Å²) in [5.41, 5.74) is 4.71. The molecule has 0 aromatic heterocycles. The Labute approximate surface area is 463 Å². The van der Waals surface area contributed by atoms with Crippen molar-refractivity contribution in [2.45, 2.75) is 152 Å². The molecule has 1 aliphatic heterocycles. The number of hydrogen-bond donors (Lipinski definition) is 2. The fourth-order valence-electron chi connectivity index (χ4n) is 12.1. The van der Waals surface area contributed by atoms with Crippen LogP contribution >= 0.6 is 11.8 Å². The van der Waals surface area contributed by atoms with Gasteiger partial charge < -0.3 is 34.0 Å². The van der Waals surface area contributed by atoms with E-state index >= 15 is 4.79 Å². The normalized spacial score (nSPS) is 20.9. The average molecular weight is 1070 g/mol. The highest BCUT2D eigenvalue weighted by molar-refractivity contribution is 7.99. The van der Waals surface area contributed by atoms with Crippen LogP contribution in [0.25, 0.3) is 10.8 Å². The van der Waals surface area contributed by atoms with Crippen LogP contribution in [0.1, 0.15) is 139 Å². The molecule has 5 aromatic carbocycles. The molecule has 0 radical (unpaired) electrons. The summed E-state index contributed by atoms with van der Waals surface area (Å²) in [4.78, 5) is 24.9. The van der Waals surface area contributed by atoms with E-state index in [1.807, 2.05) is 65.6 Å². The lowest BCUT2D eigenvalue weighted by Crippen LogP contribution is -2.70. The van der Waals surface area contributed by atoms with Gasteiger partial charge in [-0.2, -0.15) is 0 Å². The first-order chi connectivity index (χ1) is 38.0. The van der Waals surface area contributed by atoms with Gasteiger partial charge in [0.2, 0.25) is 5.79 Å². The fourth-order valence-corrected chi connectivity index (χ4v) is 12.8. The van der Waals surface area contributed by atoms with Gasteiger partial charge in [0.05, 0.1) is 38.0 Å². The number of carbonyl (C=O) groups excluding carboxylic acids is 1. The molecule has 1 fully saturated rings. The number of aliphatic hydroxyl groups excluding tert-OH is 2. The van der Waals surface area contributed by atoms with Crippen LogP contribution in [0.3, 0.4) is 0 Å². The summed E-state index contributed by atoms with van der Waals surface area (Å²) in [6, 6.07) is 40.4. The van der Waals surface area contributed by atoms with E-state index in [0.29, 0.717) is 31.8 Å². The van der Waals surface area contributed by atoms with Crippen molar-refractivity contribution in [3.05, 3.63) is 162 Å². The molecule has 6 atom stereocenters. The molecule has 3 aliphatic rings. The molecule has 0 bridgehead atoms. The Kier molecular flexibility index (Phi) is 22.8. The quantitative estimate of drug-likeness (QED) is 0.0183. The molecule has 2 aliphatic carbocycles.